The van der Waals surface area contributed by atoms with E-state index in [0.717, 1.165) is 58.5 Å². The number of amides is 1. The van der Waals surface area contributed by atoms with Crippen molar-refractivity contribution in [2.75, 3.05) is 11.9 Å². The van der Waals surface area contributed by atoms with Crippen LogP contribution in [0.1, 0.15) is 55.2 Å². The summed E-state index contributed by atoms with van der Waals surface area (Å²) in [6.45, 7) is 4.47. The smallest absolute Gasteiger partial charge is 0.303 e. The third kappa shape index (κ3) is 5.88. The lowest BCUT2D eigenvalue weighted by molar-refractivity contribution is -0.137. The van der Waals surface area contributed by atoms with Crippen LogP contribution in [0.5, 0.6) is 5.75 Å². The second-order valence-electron chi connectivity index (χ2n) is 9.11. The Morgan fingerprint density at radius 3 is 2.54 bits per heavy atom. The molecule has 1 heterocycles. The highest BCUT2D eigenvalue weighted by molar-refractivity contribution is 5.97. The highest BCUT2D eigenvalue weighted by Crippen LogP contribution is 2.40. The van der Waals surface area contributed by atoms with Gasteiger partial charge in [-0.2, -0.15) is 0 Å². The number of carboxylic acid groups (broad SMARTS) is 1. The minimum atomic E-state index is -0.826. The van der Waals surface area contributed by atoms with Gasteiger partial charge in [0.05, 0.1) is 18.7 Å². The zero-order chi connectivity index (χ0) is 24.8. The van der Waals surface area contributed by atoms with Crippen molar-refractivity contribution in [1.82, 2.24) is 4.98 Å². The van der Waals surface area contributed by atoms with E-state index in [1.807, 2.05) is 68.6 Å². The fraction of sp³-hybridized carbons (Fsp3) is 0.345. The molecule has 0 unspecified atom stereocenters. The van der Waals surface area contributed by atoms with E-state index in [4.69, 9.17) is 9.84 Å². The van der Waals surface area contributed by atoms with Gasteiger partial charge in [-0.1, -0.05) is 42.8 Å². The van der Waals surface area contributed by atoms with Crippen molar-refractivity contribution in [3.05, 3.63) is 77.6 Å². The predicted octanol–water partition coefficient (Wildman–Crippen LogP) is 6.00. The average molecular weight is 473 g/mol. The molecule has 1 saturated carbocycles. The molecule has 4 rings (SSSR count). The first-order chi connectivity index (χ1) is 17.0. The lowest BCUT2D eigenvalue weighted by atomic mass is 9.72. The monoisotopic (exact) mass is 472 g/mol. The number of nitrogens with one attached hydrogen (secondary N) is 1. The number of aliphatic carboxylic acids is 1. The molecule has 1 fully saturated rings. The van der Waals surface area contributed by atoms with E-state index in [1.165, 1.54) is 0 Å². The Bertz CT molecular complexity index is 1190. The van der Waals surface area contributed by atoms with Crippen LogP contribution in [-0.2, 0) is 16.0 Å². The summed E-state index contributed by atoms with van der Waals surface area (Å²) < 4.78 is 5.57. The molecule has 1 aliphatic carbocycles. The molecular formula is C29H32N2O4. The number of carbonyl (C=O) groups is 2. The Morgan fingerprint density at radius 2 is 1.89 bits per heavy atom. The first kappa shape index (κ1) is 24.5. The van der Waals surface area contributed by atoms with Gasteiger partial charge in [-0.15, -0.1) is 0 Å². The number of aryl methyl sites for hydroxylation is 1. The molecule has 2 N–H and O–H groups in total. The van der Waals surface area contributed by atoms with Crippen LogP contribution in [0, 0.1) is 12.8 Å². The van der Waals surface area contributed by atoms with E-state index in [1.54, 1.807) is 6.20 Å². The summed E-state index contributed by atoms with van der Waals surface area (Å²) in [6, 6.07) is 15.8. The summed E-state index contributed by atoms with van der Waals surface area (Å²) in [5.74, 6) is -0.0116. The fourth-order valence-electron chi connectivity index (χ4n) is 4.66. The number of carboxylic acids is 1. The maximum Gasteiger partial charge on any atom is 0.303 e. The normalized spacial score (nSPS) is 14.1. The summed E-state index contributed by atoms with van der Waals surface area (Å²) in [7, 11) is 0. The lowest BCUT2D eigenvalue weighted by Gasteiger charge is -2.33. The Labute approximate surface area is 206 Å². The molecule has 35 heavy (non-hydrogen) atoms. The van der Waals surface area contributed by atoms with Crippen LogP contribution >= 0.6 is 0 Å². The van der Waals surface area contributed by atoms with Crippen LogP contribution in [0.25, 0.3) is 11.1 Å². The SMILES string of the molecule is CCOc1cncc(-c2ccc([C@H](C(=O)Nc3cccc(CCC(=O)O)c3C)C3CCC3)cc2)c1. The number of nitrogens with zero attached hydrogens (tertiary/aromatic N) is 1. The van der Waals surface area contributed by atoms with Gasteiger partial charge in [0, 0.05) is 23.9 Å². The number of pyridine rings is 1. The third-order valence-corrected chi connectivity index (χ3v) is 6.84. The van der Waals surface area contributed by atoms with E-state index in [-0.39, 0.29) is 18.2 Å². The standard InChI is InChI=1S/C29H32N2O4/c1-3-35-25-16-24(17-30-18-25)21-10-12-23(13-11-21)28(22-7-4-8-22)29(34)31-26-9-5-6-20(19(26)2)14-15-27(32)33/h5-6,9-13,16-18,22,28H,3-4,7-8,14-15H2,1-2H3,(H,31,34)(H,32,33)/t28-/m1/s1. The number of benzene rings is 2. The van der Waals surface area contributed by atoms with E-state index in [2.05, 4.69) is 10.3 Å². The largest absolute Gasteiger partial charge is 0.492 e. The van der Waals surface area contributed by atoms with Gasteiger partial charge in [0.1, 0.15) is 5.75 Å². The van der Waals surface area contributed by atoms with E-state index >= 15 is 0 Å². The second kappa shape index (κ2) is 11.2. The molecule has 182 valence electrons. The maximum absolute atomic E-state index is 13.5. The zero-order valence-corrected chi connectivity index (χ0v) is 20.3. The van der Waals surface area contributed by atoms with E-state index < -0.39 is 5.97 Å². The average Bonchev–Trinajstić information content (AvgIpc) is 2.82. The first-order valence-electron chi connectivity index (χ1n) is 12.3. The molecule has 1 atom stereocenters. The molecule has 1 aromatic heterocycles. The van der Waals surface area contributed by atoms with Crippen LogP contribution in [-0.4, -0.2) is 28.6 Å². The summed E-state index contributed by atoms with van der Waals surface area (Å²) in [5.41, 5.74) is 5.62. The number of aromatic nitrogens is 1. The second-order valence-corrected chi connectivity index (χ2v) is 9.11. The molecule has 1 amide bonds. The molecule has 0 bridgehead atoms. The summed E-state index contributed by atoms with van der Waals surface area (Å²) >= 11 is 0. The maximum atomic E-state index is 13.5. The summed E-state index contributed by atoms with van der Waals surface area (Å²) in [4.78, 5) is 28.8. The summed E-state index contributed by atoms with van der Waals surface area (Å²) in [5, 5.41) is 12.2. The van der Waals surface area contributed by atoms with Crippen molar-refractivity contribution < 1.29 is 19.4 Å². The lowest BCUT2D eigenvalue weighted by Crippen LogP contribution is -2.31. The number of rotatable bonds is 10. The van der Waals surface area contributed by atoms with Gasteiger partial charge in [0.2, 0.25) is 5.91 Å². The van der Waals surface area contributed by atoms with Crippen LogP contribution in [0.15, 0.2) is 60.9 Å². The minimum Gasteiger partial charge on any atom is -0.492 e. The number of anilines is 1. The number of hydrogen-bond donors (Lipinski definition) is 2. The van der Waals surface area contributed by atoms with E-state index in [9.17, 15) is 9.59 Å². The van der Waals surface area contributed by atoms with Gasteiger partial charge in [-0.3, -0.25) is 14.6 Å². The Kier molecular flexibility index (Phi) is 7.80. The Balaban J connectivity index is 1.54. The van der Waals surface area contributed by atoms with Crippen molar-refractivity contribution >= 4 is 17.6 Å². The fourth-order valence-corrected chi connectivity index (χ4v) is 4.66. The number of hydrogen-bond acceptors (Lipinski definition) is 4. The Morgan fingerprint density at radius 1 is 1.11 bits per heavy atom. The molecular weight excluding hydrogens is 440 g/mol. The Hall–Kier alpha value is -3.67. The van der Waals surface area contributed by atoms with Crippen LogP contribution < -0.4 is 10.1 Å². The van der Waals surface area contributed by atoms with Gasteiger partial charge in [-0.25, -0.2) is 0 Å². The molecule has 2 aromatic carbocycles. The third-order valence-electron chi connectivity index (χ3n) is 6.84. The molecule has 1 aliphatic rings. The van der Waals surface area contributed by atoms with Crippen molar-refractivity contribution in [3.8, 4) is 16.9 Å². The van der Waals surface area contributed by atoms with Crippen molar-refractivity contribution in [2.24, 2.45) is 5.92 Å². The van der Waals surface area contributed by atoms with Crippen LogP contribution in [0.4, 0.5) is 5.69 Å². The van der Waals surface area contributed by atoms with Crippen LogP contribution in [0.3, 0.4) is 0 Å². The minimum absolute atomic E-state index is 0.0130. The van der Waals surface area contributed by atoms with Crippen molar-refractivity contribution in [3.63, 3.8) is 0 Å². The van der Waals surface area contributed by atoms with Gasteiger partial charge in [0.25, 0.3) is 0 Å². The first-order valence-corrected chi connectivity index (χ1v) is 12.3. The topological polar surface area (TPSA) is 88.5 Å². The van der Waals surface area contributed by atoms with Crippen molar-refractivity contribution in [2.45, 2.75) is 51.9 Å². The van der Waals surface area contributed by atoms with E-state index in [0.29, 0.717) is 18.9 Å². The summed E-state index contributed by atoms with van der Waals surface area (Å²) in [6.07, 6.45) is 7.25. The molecule has 6 nitrogen and oxygen atoms in total. The van der Waals surface area contributed by atoms with Crippen molar-refractivity contribution in [1.29, 1.82) is 0 Å². The van der Waals surface area contributed by atoms with Gasteiger partial charge >= 0.3 is 5.97 Å². The van der Waals surface area contributed by atoms with Gasteiger partial charge in [0.15, 0.2) is 0 Å². The van der Waals surface area contributed by atoms with Gasteiger partial charge in [-0.05, 0) is 73.4 Å². The highest BCUT2D eigenvalue weighted by atomic mass is 16.5. The molecule has 0 saturated heterocycles. The quantitative estimate of drug-likeness (QED) is 0.378. The predicted molar refractivity (Wildman–Crippen MR) is 137 cm³/mol. The number of carbonyl (C=O) groups excluding carboxylic acids is 1. The molecule has 0 spiro atoms. The van der Waals surface area contributed by atoms with Gasteiger partial charge < -0.3 is 15.2 Å². The molecule has 0 radical (unpaired) electrons. The molecule has 0 aliphatic heterocycles. The van der Waals surface area contributed by atoms with Crippen LogP contribution in [0.2, 0.25) is 0 Å². The molecule has 6 heteroatoms. The molecule has 3 aromatic rings. The highest BCUT2D eigenvalue weighted by Gasteiger charge is 2.34. The zero-order valence-electron chi connectivity index (χ0n) is 20.3. The number of ether oxygens (including phenoxy) is 1.